The largest absolute Gasteiger partial charge is 0.417 e. The molecule has 3 nitrogen and oxygen atoms in total. The van der Waals surface area contributed by atoms with Crippen LogP contribution in [0.5, 0.6) is 0 Å². The molecule has 0 amide bonds. The highest BCUT2D eigenvalue weighted by atomic mass is 32.2. The average Bonchev–Trinajstić information content (AvgIpc) is 3.15. The minimum Gasteiger partial charge on any atom is -0.270 e. The minimum atomic E-state index is -4.45. The molecule has 1 saturated heterocycles. The van der Waals surface area contributed by atoms with Crippen LogP contribution in [0.3, 0.4) is 0 Å². The third-order valence-corrected chi connectivity index (χ3v) is 9.68. The molecule has 4 aromatic carbocycles. The van der Waals surface area contributed by atoms with Crippen LogP contribution in [-0.2, 0) is 12.6 Å². The average molecular weight is 750 g/mol. The molecule has 1 aliphatic rings. The number of rotatable bonds is 7. The lowest BCUT2D eigenvalue weighted by Gasteiger charge is -2.41. The Morgan fingerprint density at radius 3 is 1.88 bits per heavy atom. The lowest BCUT2D eigenvalue weighted by atomic mass is 9.69. The smallest absolute Gasteiger partial charge is 0.270 e. The zero-order valence-corrected chi connectivity index (χ0v) is 34.2. The molecule has 282 valence electrons. The number of allylic oxidation sites excluding steroid dienone is 1. The second kappa shape index (κ2) is 24.0. The van der Waals surface area contributed by atoms with Crippen LogP contribution in [0.4, 0.5) is 13.2 Å². The zero-order valence-electron chi connectivity index (χ0n) is 32.4. The predicted octanol–water partition coefficient (Wildman–Crippen LogP) is 13.1. The van der Waals surface area contributed by atoms with Gasteiger partial charge in [0, 0.05) is 18.0 Å². The predicted molar refractivity (Wildman–Crippen MR) is 222 cm³/mol. The molecule has 1 fully saturated rings. The first-order valence-corrected chi connectivity index (χ1v) is 19.2. The van der Waals surface area contributed by atoms with Crippen molar-refractivity contribution < 1.29 is 13.2 Å². The summed E-state index contributed by atoms with van der Waals surface area (Å²) < 4.78 is 41.8. The number of nitrogens with zero attached hydrogens (tertiary/aromatic N) is 2. The highest BCUT2D eigenvalue weighted by Gasteiger charge is 2.35. The van der Waals surface area contributed by atoms with Crippen molar-refractivity contribution in [3.05, 3.63) is 137 Å². The first kappa shape index (κ1) is 46.5. The van der Waals surface area contributed by atoms with Crippen molar-refractivity contribution in [1.29, 1.82) is 5.26 Å². The van der Waals surface area contributed by atoms with Gasteiger partial charge in [0.2, 0.25) is 0 Å². The Bertz CT molecular complexity index is 1660. The minimum absolute atomic E-state index is 0.117. The quantitative estimate of drug-likeness (QED) is 0.112. The van der Waals surface area contributed by atoms with E-state index >= 15 is 0 Å². The van der Waals surface area contributed by atoms with Crippen molar-refractivity contribution >= 4 is 24.8 Å². The lowest BCUT2D eigenvalue weighted by Crippen LogP contribution is -2.37. The van der Waals surface area contributed by atoms with Crippen LogP contribution in [0.2, 0.25) is 0 Å². The van der Waals surface area contributed by atoms with E-state index in [0.717, 1.165) is 25.6 Å². The normalized spacial score (nSPS) is 13.8. The van der Waals surface area contributed by atoms with Crippen LogP contribution in [0.1, 0.15) is 80.8 Å². The van der Waals surface area contributed by atoms with Gasteiger partial charge in [0.05, 0.1) is 17.2 Å². The Labute approximate surface area is 322 Å². The molecule has 1 atom stereocenters. The van der Waals surface area contributed by atoms with E-state index in [9.17, 15) is 13.2 Å². The van der Waals surface area contributed by atoms with Gasteiger partial charge in [-0.3, -0.25) is 4.72 Å². The molecule has 52 heavy (non-hydrogen) atoms. The standard InChI is InChI=1S/C30H35NS.C9H6F3N.2C2H6.CH5NS/c1-5-30(4,22-25-9-7-11-27(21-25)26-10-6-8-24(3)20-26)28-16-18-31(19-17-28)32-29-14-12-23(2)13-15-29;1-6-2-3-7(5-13)8(4-6)9(10,11)12;2*1-2;1-2-3/h5-15,20-21,28H,1,16-19,22H2,2-4H3;2-4H,1H3;2*1-2H3;2-3H,1H3. The third kappa shape index (κ3) is 15.2. The van der Waals surface area contributed by atoms with E-state index in [4.69, 9.17) is 5.26 Å². The number of aryl methyl sites for hydroxylation is 3. The van der Waals surface area contributed by atoms with Gasteiger partial charge >= 0.3 is 6.18 Å². The first-order valence-electron chi connectivity index (χ1n) is 18.0. The Morgan fingerprint density at radius 1 is 0.846 bits per heavy atom. The maximum atomic E-state index is 12.3. The van der Waals surface area contributed by atoms with Gasteiger partial charge < -0.3 is 0 Å². The number of hydrogen-bond acceptors (Lipinski definition) is 5. The number of benzene rings is 4. The second-order valence-electron chi connectivity index (χ2n) is 12.4. The van der Waals surface area contributed by atoms with E-state index in [1.807, 2.05) is 39.6 Å². The van der Waals surface area contributed by atoms with E-state index in [0.29, 0.717) is 11.5 Å². The summed E-state index contributed by atoms with van der Waals surface area (Å²) in [6, 6.07) is 31.9. The Hall–Kier alpha value is -3.48. The summed E-state index contributed by atoms with van der Waals surface area (Å²) in [4.78, 5) is 1.34. The van der Waals surface area contributed by atoms with Crippen molar-refractivity contribution in [1.82, 2.24) is 9.03 Å². The van der Waals surface area contributed by atoms with Crippen LogP contribution in [0.15, 0.2) is 109 Å². The molecule has 0 spiro atoms. The molecule has 1 heterocycles. The van der Waals surface area contributed by atoms with Crippen molar-refractivity contribution in [2.24, 2.45) is 11.3 Å². The number of piperidine rings is 1. The van der Waals surface area contributed by atoms with E-state index in [2.05, 4.69) is 128 Å². The molecule has 0 aromatic heterocycles. The number of halogens is 3. The highest BCUT2D eigenvalue weighted by Crippen LogP contribution is 2.41. The van der Waals surface area contributed by atoms with E-state index in [1.54, 1.807) is 14.0 Å². The van der Waals surface area contributed by atoms with Gasteiger partial charge in [-0.25, -0.2) is 4.31 Å². The van der Waals surface area contributed by atoms with Crippen molar-refractivity contribution in [2.75, 3.05) is 20.1 Å². The molecule has 5 rings (SSSR count). The molecule has 1 unspecified atom stereocenters. The van der Waals surface area contributed by atoms with E-state index in [-0.39, 0.29) is 11.0 Å². The number of thiol groups is 1. The van der Waals surface area contributed by atoms with Gasteiger partial charge in [0.15, 0.2) is 0 Å². The Balaban J connectivity index is 0.000000563. The van der Waals surface area contributed by atoms with Crippen molar-refractivity contribution in [2.45, 2.75) is 85.7 Å². The van der Waals surface area contributed by atoms with Crippen LogP contribution >= 0.6 is 24.8 Å². The highest BCUT2D eigenvalue weighted by molar-refractivity contribution is 7.97. The fourth-order valence-electron chi connectivity index (χ4n) is 5.85. The van der Waals surface area contributed by atoms with Crippen molar-refractivity contribution in [3.8, 4) is 17.2 Å². The zero-order chi connectivity index (χ0) is 39.3. The summed E-state index contributed by atoms with van der Waals surface area (Å²) in [5.74, 6) is 0.664. The van der Waals surface area contributed by atoms with Gasteiger partial charge in [0.25, 0.3) is 0 Å². The van der Waals surface area contributed by atoms with Crippen molar-refractivity contribution in [3.63, 3.8) is 0 Å². The molecule has 0 bridgehead atoms. The number of nitriles is 1. The van der Waals surface area contributed by atoms with E-state index in [1.165, 1.54) is 63.8 Å². The van der Waals surface area contributed by atoms with Gasteiger partial charge in [-0.15, -0.1) is 6.58 Å². The van der Waals surface area contributed by atoms with Gasteiger partial charge in [-0.2, -0.15) is 18.4 Å². The van der Waals surface area contributed by atoms with Gasteiger partial charge in [0.1, 0.15) is 0 Å². The molecular formula is C44H58F3N3S2. The summed E-state index contributed by atoms with van der Waals surface area (Å²) in [6.07, 6.45) is 1.26. The number of alkyl halides is 3. The van der Waals surface area contributed by atoms with Crippen LogP contribution in [0, 0.1) is 43.4 Å². The maximum Gasteiger partial charge on any atom is 0.417 e. The fourth-order valence-corrected chi connectivity index (χ4v) is 6.80. The molecule has 0 radical (unpaired) electrons. The summed E-state index contributed by atoms with van der Waals surface area (Å²) >= 11 is 5.44. The van der Waals surface area contributed by atoms with Crippen LogP contribution in [0.25, 0.3) is 11.1 Å². The van der Waals surface area contributed by atoms with Gasteiger partial charge in [-0.1, -0.05) is 137 Å². The molecule has 1 N–H and O–H groups in total. The molecule has 4 aromatic rings. The van der Waals surface area contributed by atoms with Crippen LogP contribution < -0.4 is 4.72 Å². The molecule has 1 aliphatic heterocycles. The second-order valence-corrected chi connectivity index (χ2v) is 14.1. The summed E-state index contributed by atoms with van der Waals surface area (Å²) in [5, 5.41) is 8.42. The lowest BCUT2D eigenvalue weighted by molar-refractivity contribution is -0.137. The first-order chi connectivity index (χ1) is 24.8. The molecule has 8 heteroatoms. The Morgan fingerprint density at radius 2 is 1.37 bits per heavy atom. The Kier molecular flexibility index (Phi) is 21.4. The number of hydrogen-bond donors (Lipinski definition) is 2. The van der Waals surface area contributed by atoms with Gasteiger partial charge in [-0.05, 0) is 111 Å². The van der Waals surface area contributed by atoms with E-state index < -0.39 is 11.7 Å². The molecule has 0 aliphatic carbocycles. The summed E-state index contributed by atoms with van der Waals surface area (Å²) in [6.45, 7) is 22.8. The molecule has 0 saturated carbocycles. The molecular weight excluding hydrogens is 692 g/mol. The third-order valence-electron chi connectivity index (χ3n) is 8.57. The SMILES string of the molecule is C=CC(C)(Cc1cccc(-c2cccc(C)c2)c1)C1CCN(Sc2ccc(C)cc2)CC1.CC.CC.CNS.Cc1ccc(C#N)c(C(F)(F)F)c1. The fraction of sp³-hybridized carbons (Fsp3) is 0.386. The summed E-state index contributed by atoms with van der Waals surface area (Å²) in [7, 11) is 1.74. The topological polar surface area (TPSA) is 39.1 Å². The summed E-state index contributed by atoms with van der Waals surface area (Å²) in [5.41, 5.74) is 6.05. The number of nitrogens with one attached hydrogen (secondary N) is 1. The maximum absolute atomic E-state index is 12.3. The van der Waals surface area contributed by atoms with Crippen LogP contribution in [-0.4, -0.2) is 24.4 Å². The monoisotopic (exact) mass is 749 g/mol.